The summed E-state index contributed by atoms with van der Waals surface area (Å²) in [7, 11) is 3.49. The molecule has 0 saturated carbocycles. The van der Waals surface area contributed by atoms with Crippen LogP contribution in [-0.4, -0.2) is 66.8 Å². The van der Waals surface area contributed by atoms with Gasteiger partial charge in [-0.3, -0.25) is 0 Å². The minimum atomic E-state index is -0.448. The van der Waals surface area contributed by atoms with Crippen molar-refractivity contribution >= 4 is 6.03 Å². The summed E-state index contributed by atoms with van der Waals surface area (Å²) in [6.07, 6.45) is 3.22. The molecule has 1 atom stereocenters. The molecule has 0 bridgehead atoms. The molecule has 126 valence electrons. The molecule has 0 N–H and O–H groups in total. The Morgan fingerprint density at radius 2 is 2.35 bits per heavy atom. The molecule has 1 aromatic rings. The van der Waals surface area contributed by atoms with Gasteiger partial charge in [-0.25, -0.2) is 14.2 Å². The van der Waals surface area contributed by atoms with Crippen LogP contribution in [0, 0.1) is 11.7 Å². The van der Waals surface area contributed by atoms with Crippen LogP contribution >= 0.6 is 0 Å². The monoisotopic (exact) mass is 323 g/mol. The normalized spacial score (nSPS) is 22.0. The maximum atomic E-state index is 13.5. The predicted octanol–water partition coefficient (Wildman–Crippen LogP) is 1.76. The smallest absolute Gasteiger partial charge is 0.319 e. The molecule has 0 aliphatic carbocycles. The molecule has 3 heterocycles. The highest BCUT2D eigenvalue weighted by molar-refractivity contribution is 5.75. The van der Waals surface area contributed by atoms with Gasteiger partial charge in [0.25, 0.3) is 0 Å². The standard InChI is InChI=1S/C16H22FN3O3/c1-19(2)15(21)20-10-16(11-20)12(6-9-23-16)5-8-22-14-13(17)4-3-7-18-14/h3-4,7,12H,5-6,8-11H2,1-2H3/t12-/m0/s1. The van der Waals surface area contributed by atoms with Crippen molar-refractivity contribution in [3.63, 3.8) is 0 Å². The molecule has 0 aromatic carbocycles. The fourth-order valence-corrected chi connectivity index (χ4v) is 3.34. The van der Waals surface area contributed by atoms with E-state index in [2.05, 4.69) is 4.98 Å². The van der Waals surface area contributed by atoms with E-state index in [1.807, 2.05) is 0 Å². The van der Waals surface area contributed by atoms with Crippen LogP contribution < -0.4 is 4.74 Å². The predicted molar refractivity (Wildman–Crippen MR) is 81.8 cm³/mol. The first-order chi connectivity index (χ1) is 11.0. The van der Waals surface area contributed by atoms with Crippen molar-refractivity contribution < 1.29 is 18.7 Å². The van der Waals surface area contributed by atoms with E-state index in [4.69, 9.17) is 9.47 Å². The fraction of sp³-hybridized carbons (Fsp3) is 0.625. The number of likely N-dealkylation sites (tertiary alicyclic amines) is 1. The van der Waals surface area contributed by atoms with Crippen molar-refractivity contribution in [1.82, 2.24) is 14.8 Å². The van der Waals surface area contributed by atoms with Crippen LogP contribution in [0.25, 0.3) is 0 Å². The molecule has 1 spiro atoms. The van der Waals surface area contributed by atoms with Gasteiger partial charge >= 0.3 is 6.03 Å². The summed E-state index contributed by atoms with van der Waals surface area (Å²) in [6, 6.07) is 2.88. The van der Waals surface area contributed by atoms with Gasteiger partial charge in [-0.2, -0.15) is 0 Å². The lowest BCUT2D eigenvalue weighted by Gasteiger charge is -2.50. The lowest BCUT2D eigenvalue weighted by molar-refractivity contribution is -0.119. The summed E-state index contributed by atoms with van der Waals surface area (Å²) in [6.45, 7) is 2.33. The second kappa shape index (κ2) is 6.31. The van der Waals surface area contributed by atoms with Gasteiger partial charge in [0.05, 0.1) is 19.7 Å². The number of ether oxygens (including phenoxy) is 2. The number of pyridine rings is 1. The van der Waals surface area contributed by atoms with Crippen LogP contribution in [0.15, 0.2) is 18.3 Å². The number of aromatic nitrogens is 1. The average Bonchev–Trinajstić information content (AvgIpc) is 2.91. The van der Waals surface area contributed by atoms with E-state index in [1.54, 1.807) is 23.9 Å². The van der Waals surface area contributed by atoms with Crippen LogP contribution in [0.2, 0.25) is 0 Å². The Balaban J connectivity index is 1.51. The maximum Gasteiger partial charge on any atom is 0.319 e. The lowest BCUT2D eigenvalue weighted by Crippen LogP contribution is -2.67. The van der Waals surface area contributed by atoms with Crippen molar-refractivity contribution in [2.24, 2.45) is 5.92 Å². The van der Waals surface area contributed by atoms with Gasteiger partial charge in [-0.15, -0.1) is 0 Å². The molecule has 0 unspecified atom stereocenters. The third-order valence-electron chi connectivity index (χ3n) is 4.60. The topological polar surface area (TPSA) is 54.9 Å². The number of urea groups is 1. The molecule has 2 aliphatic rings. The molecule has 23 heavy (non-hydrogen) atoms. The lowest BCUT2D eigenvalue weighted by atomic mass is 9.79. The second-order valence-corrected chi connectivity index (χ2v) is 6.36. The molecule has 2 fully saturated rings. The Hall–Kier alpha value is -1.89. The molecule has 7 heteroatoms. The van der Waals surface area contributed by atoms with Crippen molar-refractivity contribution in [2.45, 2.75) is 18.4 Å². The quantitative estimate of drug-likeness (QED) is 0.847. The Kier molecular flexibility index (Phi) is 4.39. The van der Waals surface area contributed by atoms with E-state index in [0.717, 1.165) is 12.8 Å². The Labute approximate surface area is 135 Å². The van der Waals surface area contributed by atoms with Crippen LogP contribution in [-0.2, 0) is 4.74 Å². The van der Waals surface area contributed by atoms with Gasteiger partial charge < -0.3 is 19.3 Å². The third kappa shape index (κ3) is 3.10. The van der Waals surface area contributed by atoms with E-state index in [9.17, 15) is 9.18 Å². The highest BCUT2D eigenvalue weighted by Crippen LogP contribution is 2.41. The number of halogens is 1. The first kappa shape index (κ1) is 16.0. The van der Waals surface area contributed by atoms with Gasteiger partial charge in [-0.1, -0.05) is 0 Å². The zero-order chi connectivity index (χ0) is 16.4. The summed E-state index contributed by atoms with van der Waals surface area (Å²) < 4.78 is 24.8. The Morgan fingerprint density at radius 1 is 1.57 bits per heavy atom. The summed E-state index contributed by atoms with van der Waals surface area (Å²) in [5, 5.41) is 0. The Morgan fingerprint density at radius 3 is 3.04 bits per heavy atom. The van der Waals surface area contributed by atoms with E-state index < -0.39 is 5.82 Å². The summed E-state index contributed by atoms with van der Waals surface area (Å²) in [4.78, 5) is 19.2. The fourth-order valence-electron chi connectivity index (χ4n) is 3.34. The van der Waals surface area contributed by atoms with Crippen molar-refractivity contribution in [3.05, 3.63) is 24.1 Å². The molecular formula is C16H22FN3O3. The minimum Gasteiger partial charge on any atom is -0.476 e. The maximum absolute atomic E-state index is 13.5. The van der Waals surface area contributed by atoms with Crippen LogP contribution in [0.4, 0.5) is 9.18 Å². The number of amides is 2. The van der Waals surface area contributed by atoms with E-state index in [1.165, 1.54) is 18.3 Å². The second-order valence-electron chi connectivity index (χ2n) is 6.36. The molecule has 0 radical (unpaired) electrons. The molecule has 6 nitrogen and oxygen atoms in total. The Bertz CT molecular complexity index is 575. The van der Waals surface area contributed by atoms with E-state index >= 15 is 0 Å². The zero-order valence-corrected chi connectivity index (χ0v) is 13.5. The van der Waals surface area contributed by atoms with Crippen molar-refractivity contribution in [1.29, 1.82) is 0 Å². The molecule has 3 rings (SSSR count). The van der Waals surface area contributed by atoms with Crippen molar-refractivity contribution in [3.8, 4) is 5.88 Å². The molecular weight excluding hydrogens is 301 g/mol. The van der Waals surface area contributed by atoms with Gasteiger partial charge in [0.1, 0.15) is 5.60 Å². The number of hydrogen-bond donors (Lipinski definition) is 0. The van der Waals surface area contributed by atoms with Crippen LogP contribution in [0.1, 0.15) is 12.8 Å². The van der Waals surface area contributed by atoms with Crippen LogP contribution in [0.3, 0.4) is 0 Å². The molecule has 1 aromatic heterocycles. The van der Waals surface area contributed by atoms with E-state index in [-0.39, 0.29) is 17.5 Å². The summed E-state index contributed by atoms with van der Waals surface area (Å²) in [5.74, 6) is -0.0877. The van der Waals surface area contributed by atoms with Crippen molar-refractivity contribution in [2.75, 3.05) is 40.4 Å². The minimum absolute atomic E-state index is 0.0108. The average molecular weight is 323 g/mol. The number of nitrogens with zero attached hydrogens (tertiary/aromatic N) is 3. The molecule has 2 amide bonds. The van der Waals surface area contributed by atoms with Gasteiger partial charge in [0.15, 0.2) is 5.82 Å². The highest BCUT2D eigenvalue weighted by atomic mass is 19.1. The summed E-state index contributed by atoms with van der Waals surface area (Å²) in [5.41, 5.74) is -0.252. The first-order valence-electron chi connectivity index (χ1n) is 7.85. The number of carbonyl (C=O) groups excluding carboxylic acids is 1. The highest BCUT2D eigenvalue weighted by Gasteiger charge is 2.54. The largest absolute Gasteiger partial charge is 0.476 e. The molecule has 2 saturated heterocycles. The third-order valence-corrected chi connectivity index (χ3v) is 4.60. The number of hydrogen-bond acceptors (Lipinski definition) is 4. The van der Waals surface area contributed by atoms with Gasteiger partial charge in [-0.05, 0) is 30.9 Å². The van der Waals surface area contributed by atoms with E-state index in [0.29, 0.717) is 32.2 Å². The number of carbonyl (C=O) groups is 1. The van der Waals surface area contributed by atoms with Gasteiger partial charge in [0.2, 0.25) is 5.88 Å². The SMILES string of the molecule is CN(C)C(=O)N1CC2(C1)OCC[C@@H]2CCOc1ncccc1F. The summed E-state index contributed by atoms with van der Waals surface area (Å²) >= 11 is 0. The van der Waals surface area contributed by atoms with Crippen LogP contribution in [0.5, 0.6) is 5.88 Å². The van der Waals surface area contributed by atoms with Gasteiger partial charge in [0, 0.05) is 26.9 Å². The first-order valence-corrected chi connectivity index (χ1v) is 7.85. The number of rotatable bonds is 4. The molecule has 2 aliphatic heterocycles. The zero-order valence-electron chi connectivity index (χ0n) is 13.5.